The number of aromatic nitrogens is 2. The van der Waals surface area contributed by atoms with Crippen LogP contribution in [0.5, 0.6) is 0 Å². The van der Waals surface area contributed by atoms with Crippen molar-refractivity contribution >= 4 is 0 Å². The van der Waals surface area contributed by atoms with E-state index in [4.69, 9.17) is 0 Å². The highest BCUT2D eigenvalue weighted by molar-refractivity contribution is 5.26. The summed E-state index contributed by atoms with van der Waals surface area (Å²) >= 11 is 0. The van der Waals surface area contributed by atoms with Crippen LogP contribution in [0.2, 0.25) is 0 Å². The minimum atomic E-state index is -0.332. The van der Waals surface area contributed by atoms with Crippen LogP contribution in [-0.2, 0) is 26.4 Å². The van der Waals surface area contributed by atoms with Crippen LogP contribution < -0.4 is 5.32 Å². The molecule has 1 heterocycles. The standard InChI is InChI=1S/C14H28N4O/c1-6-13-12(14(7-2)18(5)16-13)9-15-8-11(19)10-17(3)4/h11,15,19H,6-10H2,1-5H3. The monoisotopic (exact) mass is 268 g/mol. The molecule has 1 unspecified atom stereocenters. The molecule has 1 aromatic heterocycles. The number of likely N-dealkylation sites (N-methyl/N-ethyl adjacent to an activating group) is 1. The molecule has 0 aliphatic heterocycles. The number of aryl methyl sites for hydroxylation is 2. The van der Waals surface area contributed by atoms with E-state index in [1.165, 1.54) is 11.3 Å². The van der Waals surface area contributed by atoms with Gasteiger partial charge in [0.25, 0.3) is 0 Å². The van der Waals surface area contributed by atoms with E-state index in [1.807, 2.05) is 30.7 Å². The zero-order valence-corrected chi connectivity index (χ0v) is 12.9. The summed E-state index contributed by atoms with van der Waals surface area (Å²) in [6.07, 6.45) is 1.60. The maximum Gasteiger partial charge on any atom is 0.0791 e. The highest BCUT2D eigenvalue weighted by atomic mass is 16.3. The van der Waals surface area contributed by atoms with Crippen LogP contribution in [0, 0.1) is 0 Å². The predicted molar refractivity (Wildman–Crippen MR) is 78.2 cm³/mol. The van der Waals surface area contributed by atoms with Gasteiger partial charge in [0, 0.05) is 37.9 Å². The average molecular weight is 268 g/mol. The zero-order chi connectivity index (χ0) is 14.4. The lowest BCUT2D eigenvalue weighted by Gasteiger charge is -2.16. The fourth-order valence-electron chi connectivity index (χ4n) is 2.44. The Bertz CT molecular complexity index is 387. The van der Waals surface area contributed by atoms with Crippen molar-refractivity contribution in [2.45, 2.75) is 39.3 Å². The fraction of sp³-hybridized carbons (Fsp3) is 0.786. The van der Waals surface area contributed by atoms with E-state index < -0.39 is 0 Å². The molecule has 5 nitrogen and oxygen atoms in total. The minimum Gasteiger partial charge on any atom is -0.390 e. The van der Waals surface area contributed by atoms with Gasteiger partial charge in [0.2, 0.25) is 0 Å². The lowest BCUT2D eigenvalue weighted by molar-refractivity contribution is 0.134. The number of nitrogens with zero attached hydrogens (tertiary/aromatic N) is 3. The minimum absolute atomic E-state index is 0.332. The Hall–Kier alpha value is -0.910. The fourth-order valence-corrected chi connectivity index (χ4v) is 2.44. The molecule has 0 fully saturated rings. The van der Waals surface area contributed by atoms with Crippen LogP contribution in [0.3, 0.4) is 0 Å². The maximum atomic E-state index is 9.83. The van der Waals surface area contributed by atoms with E-state index in [-0.39, 0.29) is 6.10 Å². The third-order valence-electron chi connectivity index (χ3n) is 3.29. The van der Waals surface area contributed by atoms with Crippen LogP contribution in [0.25, 0.3) is 0 Å². The van der Waals surface area contributed by atoms with Crippen molar-refractivity contribution in [3.05, 3.63) is 17.0 Å². The van der Waals surface area contributed by atoms with Crippen molar-refractivity contribution in [2.24, 2.45) is 7.05 Å². The lowest BCUT2D eigenvalue weighted by Crippen LogP contribution is -2.34. The van der Waals surface area contributed by atoms with E-state index in [1.54, 1.807) is 0 Å². The van der Waals surface area contributed by atoms with Crippen LogP contribution in [0.1, 0.15) is 30.8 Å². The van der Waals surface area contributed by atoms with Crippen LogP contribution in [0.4, 0.5) is 0 Å². The topological polar surface area (TPSA) is 53.3 Å². The van der Waals surface area contributed by atoms with E-state index >= 15 is 0 Å². The van der Waals surface area contributed by atoms with Gasteiger partial charge in [-0.2, -0.15) is 5.10 Å². The number of hydrogen-bond donors (Lipinski definition) is 2. The largest absolute Gasteiger partial charge is 0.390 e. The summed E-state index contributed by atoms with van der Waals surface area (Å²) in [5.41, 5.74) is 3.74. The molecule has 5 heteroatoms. The van der Waals surface area contributed by atoms with Gasteiger partial charge in [-0.25, -0.2) is 0 Å². The van der Waals surface area contributed by atoms with Crippen molar-refractivity contribution in [1.29, 1.82) is 0 Å². The van der Waals surface area contributed by atoms with E-state index in [0.29, 0.717) is 13.1 Å². The summed E-state index contributed by atoms with van der Waals surface area (Å²) in [6.45, 7) is 6.36. The number of rotatable bonds is 8. The van der Waals surface area contributed by atoms with Gasteiger partial charge >= 0.3 is 0 Å². The van der Waals surface area contributed by atoms with Gasteiger partial charge in [0.1, 0.15) is 0 Å². The van der Waals surface area contributed by atoms with E-state index in [0.717, 1.165) is 25.1 Å². The first kappa shape index (κ1) is 16.1. The molecule has 0 radical (unpaired) electrons. The van der Waals surface area contributed by atoms with Crippen molar-refractivity contribution < 1.29 is 5.11 Å². The second-order valence-corrected chi connectivity index (χ2v) is 5.25. The second kappa shape index (κ2) is 7.62. The SMILES string of the molecule is CCc1nn(C)c(CC)c1CNCC(O)CN(C)C. The summed E-state index contributed by atoms with van der Waals surface area (Å²) < 4.78 is 1.98. The van der Waals surface area contributed by atoms with Crippen LogP contribution >= 0.6 is 0 Å². The Morgan fingerprint density at radius 3 is 2.53 bits per heavy atom. The molecule has 0 aliphatic rings. The first-order valence-electron chi connectivity index (χ1n) is 7.06. The van der Waals surface area contributed by atoms with Crippen molar-refractivity contribution in [1.82, 2.24) is 20.0 Å². The third kappa shape index (κ3) is 4.60. The molecule has 0 saturated heterocycles. The van der Waals surface area contributed by atoms with Gasteiger partial charge in [-0.3, -0.25) is 4.68 Å². The number of aliphatic hydroxyl groups is 1. The molecule has 2 N–H and O–H groups in total. The van der Waals surface area contributed by atoms with Gasteiger partial charge in [-0.15, -0.1) is 0 Å². The Morgan fingerprint density at radius 2 is 2.00 bits per heavy atom. The molecule has 1 rings (SSSR count). The number of aliphatic hydroxyl groups excluding tert-OH is 1. The first-order chi connectivity index (χ1) is 8.99. The molecular formula is C14H28N4O. The van der Waals surface area contributed by atoms with Crippen molar-refractivity contribution in [3.8, 4) is 0 Å². The molecule has 110 valence electrons. The molecule has 0 saturated carbocycles. The predicted octanol–water partition coefficient (Wildman–Crippen LogP) is 0.557. The summed E-state index contributed by atoms with van der Waals surface area (Å²) in [4.78, 5) is 1.99. The Labute approximate surface area is 116 Å². The van der Waals surface area contributed by atoms with Gasteiger partial charge in [-0.05, 0) is 26.9 Å². The molecule has 0 aliphatic carbocycles. The second-order valence-electron chi connectivity index (χ2n) is 5.25. The first-order valence-corrected chi connectivity index (χ1v) is 7.06. The van der Waals surface area contributed by atoms with Crippen LogP contribution in [-0.4, -0.2) is 53.1 Å². The van der Waals surface area contributed by atoms with Crippen molar-refractivity contribution in [3.63, 3.8) is 0 Å². The molecule has 0 aromatic carbocycles. The summed E-state index contributed by atoms with van der Waals surface area (Å²) in [5.74, 6) is 0. The maximum absolute atomic E-state index is 9.83. The molecule has 0 spiro atoms. The van der Waals surface area contributed by atoms with E-state index in [2.05, 4.69) is 24.3 Å². The van der Waals surface area contributed by atoms with Gasteiger partial charge in [-0.1, -0.05) is 13.8 Å². The smallest absolute Gasteiger partial charge is 0.0791 e. The van der Waals surface area contributed by atoms with E-state index in [9.17, 15) is 5.11 Å². The highest BCUT2D eigenvalue weighted by Gasteiger charge is 2.13. The molecule has 0 bridgehead atoms. The van der Waals surface area contributed by atoms with Crippen LogP contribution in [0.15, 0.2) is 0 Å². The van der Waals surface area contributed by atoms with Gasteiger partial charge in [0.05, 0.1) is 11.8 Å². The summed E-state index contributed by atoms with van der Waals surface area (Å²) in [7, 11) is 5.94. The van der Waals surface area contributed by atoms with Gasteiger partial charge < -0.3 is 15.3 Å². The quantitative estimate of drug-likeness (QED) is 0.723. The zero-order valence-electron chi connectivity index (χ0n) is 12.9. The van der Waals surface area contributed by atoms with Gasteiger partial charge in [0.15, 0.2) is 0 Å². The lowest BCUT2D eigenvalue weighted by atomic mass is 10.1. The Kier molecular flexibility index (Phi) is 6.48. The Balaban J connectivity index is 2.57. The molecule has 19 heavy (non-hydrogen) atoms. The molecule has 1 aromatic rings. The molecule has 1 atom stereocenters. The van der Waals surface area contributed by atoms with Crippen molar-refractivity contribution in [2.75, 3.05) is 27.2 Å². The molecular weight excluding hydrogens is 240 g/mol. The third-order valence-corrected chi connectivity index (χ3v) is 3.29. The summed E-state index contributed by atoms with van der Waals surface area (Å²) in [5, 5.41) is 17.7. The number of nitrogens with one attached hydrogen (secondary N) is 1. The summed E-state index contributed by atoms with van der Waals surface area (Å²) in [6, 6.07) is 0. The average Bonchev–Trinajstić information content (AvgIpc) is 2.64. The Morgan fingerprint density at radius 1 is 1.32 bits per heavy atom. The number of hydrogen-bond acceptors (Lipinski definition) is 4. The normalized spacial score (nSPS) is 13.2. The highest BCUT2D eigenvalue weighted by Crippen LogP contribution is 2.15. The molecule has 0 amide bonds.